The van der Waals surface area contributed by atoms with Crippen molar-refractivity contribution >= 4 is 32.9 Å². The number of aliphatic hydroxyl groups excluding tert-OH is 1. The number of hydrogen-bond acceptors (Lipinski definition) is 5. The first-order valence-electron chi connectivity index (χ1n) is 5.21. The van der Waals surface area contributed by atoms with Gasteiger partial charge in [-0.25, -0.2) is 0 Å². The van der Waals surface area contributed by atoms with E-state index in [1.807, 2.05) is 18.2 Å². The zero-order valence-corrected chi connectivity index (χ0v) is 11.9. The molecule has 6 heteroatoms. The zero-order valence-electron chi connectivity index (χ0n) is 10.3. The van der Waals surface area contributed by atoms with Crippen LogP contribution in [-0.2, 0) is 4.74 Å². The second-order valence-electron chi connectivity index (χ2n) is 3.49. The fourth-order valence-electron chi connectivity index (χ4n) is 1.57. The lowest BCUT2D eigenvalue weighted by Gasteiger charge is -2.17. The predicted molar refractivity (Wildman–Crippen MR) is 77.4 cm³/mol. The van der Waals surface area contributed by atoms with E-state index in [9.17, 15) is 5.11 Å². The SMILES string of the molecule is C=C(/C(=N/N)C(O)OC)c1c(Br)cccc1NC. The van der Waals surface area contributed by atoms with Gasteiger partial charge in [-0.1, -0.05) is 28.6 Å². The monoisotopic (exact) mass is 313 g/mol. The van der Waals surface area contributed by atoms with Crippen molar-refractivity contribution in [1.82, 2.24) is 0 Å². The number of nitrogens with zero attached hydrogens (tertiary/aromatic N) is 1. The van der Waals surface area contributed by atoms with Crippen LogP contribution in [0.5, 0.6) is 0 Å². The summed E-state index contributed by atoms with van der Waals surface area (Å²) in [6.07, 6.45) is -1.21. The summed E-state index contributed by atoms with van der Waals surface area (Å²) in [7, 11) is 3.16. The zero-order chi connectivity index (χ0) is 13.7. The maximum absolute atomic E-state index is 9.67. The molecule has 98 valence electrons. The van der Waals surface area contributed by atoms with E-state index in [0.29, 0.717) is 5.57 Å². The van der Waals surface area contributed by atoms with E-state index < -0.39 is 6.29 Å². The number of aliphatic hydroxyl groups is 1. The first-order chi connectivity index (χ1) is 8.56. The lowest BCUT2D eigenvalue weighted by molar-refractivity contribution is -0.0189. The van der Waals surface area contributed by atoms with Gasteiger partial charge < -0.3 is 21.0 Å². The molecule has 0 bridgehead atoms. The van der Waals surface area contributed by atoms with E-state index >= 15 is 0 Å². The molecular formula is C12H16BrN3O2. The van der Waals surface area contributed by atoms with Crippen LogP contribution in [0, 0.1) is 0 Å². The van der Waals surface area contributed by atoms with Crippen LogP contribution in [0.1, 0.15) is 5.56 Å². The maximum atomic E-state index is 9.67. The minimum absolute atomic E-state index is 0.181. The number of hydrogen-bond donors (Lipinski definition) is 3. The van der Waals surface area contributed by atoms with Gasteiger partial charge in [-0.2, -0.15) is 5.10 Å². The largest absolute Gasteiger partial charge is 0.388 e. The quantitative estimate of drug-likeness (QED) is 0.335. The Labute approximate surface area is 114 Å². The summed E-state index contributed by atoms with van der Waals surface area (Å²) in [5.74, 6) is 5.28. The summed E-state index contributed by atoms with van der Waals surface area (Å²) < 4.78 is 5.63. The highest BCUT2D eigenvalue weighted by Gasteiger charge is 2.20. The lowest BCUT2D eigenvalue weighted by Crippen LogP contribution is -2.25. The van der Waals surface area contributed by atoms with Gasteiger partial charge in [0.15, 0.2) is 0 Å². The Hall–Kier alpha value is -1.37. The van der Waals surface area contributed by atoms with Crippen LogP contribution < -0.4 is 11.2 Å². The topological polar surface area (TPSA) is 79.9 Å². The molecule has 0 aliphatic carbocycles. The number of rotatable bonds is 5. The highest BCUT2D eigenvalue weighted by atomic mass is 79.9. The minimum Gasteiger partial charge on any atom is -0.388 e. The third-order valence-electron chi connectivity index (χ3n) is 2.49. The Morgan fingerprint density at radius 2 is 2.28 bits per heavy atom. The van der Waals surface area contributed by atoms with Gasteiger partial charge >= 0.3 is 0 Å². The molecule has 1 rings (SSSR count). The van der Waals surface area contributed by atoms with Gasteiger partial charge in [0, 0.05) is 35.5 Å². The van der Waals surface area contributed by atoms with Crippen molar-refractivity contribution in [1.29, 1.82) is 0 Å². The molecule has 0 spiro atoms. The molecular weight excluding hydrogens is 298 g/mol. The van der Waals surface area contributed by atoms with Crippen molar-refractivity contribution in [2.24, 2.45) is 10.9 Å². The average molecular weight is 314 g/mol. The van der Waals surface area contributed by atoms with Gasteiger partial charge in [0.2, 0.25) is 6.29 Å². The van der Waals surface area contributed by atoms with Gasteiger partial charge in [-0.3, -0.25) is 0 Å². The molecule has 18 heavy (non-hydrogen) atoms. The fourth-order valence-corrected chi connectivity index (χ4v) is 2.18. The Bertz CT molecular complexity index is 474. The average Bonchev–Trinajstić information content (AvgIpc) is 2.38. The van der Waals surface area contributed by atoms with E-state index in [1.54, 1.807) is 7.05 Å². The molecule has 1 atom stereocenters. The number of nitrogens with one attached hydrogen (secondary N) is 1. The number of hydrazone groups is 1. The van der Waals surface area contributed by atoms with Crippen LogP contribution in [0.3, 0.4) is 0 Å². The Balaban J connectivity index is 3.26. The molecule has 0 aliphatic heterocycles. The molecule has 5 nitrogen and oxygen atoms in total. The van der Waals surface area contributed by atoms with E-state index in [1.165, 1.54) is 7.11 Å². The second-order valence-corrected chi connectivity index (χ2v) is 4.35. The van der Waals surface area contributed by atoms with Gasteiger partial charge in [-0.15, -0.1) is 0 Å². The van der Waals surface area contributed by atoms with Crippen molar-refractivity contribution < 1.29 is 9.84 Å². The number of ether oxygens (including phenoxy) is 1. The van der Waals surface area contributed by atoms with Crippen LogP contribution in [0.25, 0.3) is 5.57 Å². The van der Waals surface area contributed by atoms with Crippen LogP contribution in [-0.4, -0.2) is 31.3 Å². The summed E-state index contributed by atoms with van der Waals surface area (Å²) in [4.78, 5) is 0. The number of methoxy groups -OCH3 is 1. The molecule has 0 amide bonds. The highest BCUT2D eigenvalue weighted by Crippen LogP contribution is 2.31. The van der Waals surface area contributed by atoms with Crippen molar-refractivity contribution in [3.05, 3.63) is 34.8 Å². The number of nitrogens with two attached hydrogens (primary N) is 1. The molecule has 0 aliphatic rings. The van der Waals surface area contributed by atoms with Crippen LogP contribution >= 0.6 is 15.9 Å². The molecule has 1 aromatic carbocycles. The summed E-state index contributed by atoms with van der Waals surface area (Å²) in [6, 6.07) is 5.64. The fraction of sp³-hybridized carbons (Fsp3) is 0.250. The van der Waals surface area contributed by atoms with Crippen molar-refractivity contribution in [2.45, 2.75) is 6.29 Å². The Morgan fingerprint density at radius 1 is 1.61 bits per heavy atom. The molecule has 4 N–H and O–H groups in total. The molecule has 0 heterocycles. The summed E-state index contributed by atoms with van der Waals surface area (Å²) in [5.41, 5.74) is 2.30. The maximum Gasteiger partial charge on any atom is 0.200 e. The van der Waals surface area contributed by atoms with Gasteiger partial charge in [0.25, 0.3) is 0 Å². The molecule has 0 saturated carbocycles. The van der Waals surface area contributed by atoms with Crippen molar-refractivity contribution in [3.8, 4) is 0 Å². The molecule has 1 unspecified atom stereocenters. The number of halogens is 1. The molecule has 0 fully saturated rings. The van der Waals surface area contributed by atoms with Crippen LogP contribution in [0.4, 0.5) is 5.69 Å². The van der Waals surface area contributed by atoms with E-state index in [4.69, 9.17) is 10.6 Å². The summed E-state index contributed by atoms with van der Waals surface area (Å²) in [6.45, 7) is 3.91. The summed E-state index contributed by atoms with van der Waals surface area (Å²) in [5, 5.41) is 16.3. The molecule has 1 aromatic rings. The van der Waals surface area contributed by atoms with E-state index in [-0.39, 0.29) is 5.71 Å². The van der Waals surface area contributed by atoms with E-state index in [0.717, 1.165) is 15.7 Å². The first kappa shape index (κ1) is 14.7. The van der Waals surface area contributed by atoms with Gasteiger partial charge in [0.05, 0.1) is 0 Å². The summed E-state index contributed by atoms with van der Waals surface area (Å²) >= 11 is 3.44. The third-order valence-corrected chi connectivity index (χ3v) is 3.15. The molecule has 0 radical (unpaired) electrons. The number of anilines is 1. The first-order valence-corrected chi connectivity index (χ1v) is 6.00. The minimum atomic E-state index is -1.21. The Kier molecular flexibility index (Phi) is 5.33. The van der Waals surface area contributed by atoms with Crippen molar-refractivity contribution in [2.75, 3.05) is 19.5 Å². The number of benzene rings is 1. The van der Waals surface area contributed by atoms with Gasteiger partial charge in [0.1, 0.15) is 5.71 Å². The normalized spacial score (nSPS) is 13.2. The van der Waals surface area contributed by atoms with Crippen LogP contribution in [0.2, 0.25) is 0 Å². The van der Waals surface area contributed by atoms with E-state index in [2.05, 4.69) is 32.9 Å². The Morgan fingerprint density at radius 3 is 2.78 bits per heavy atom. The van der Waals surface area contributed by atoms with Gasteiger partial charge in [-0.05, 0) is 12.1 Å². The van der Waals surface area contributed by atoms with Crippen LogP contribution in [0.15, 0.2) is 34.4 Å². The second kappa shape index (κ2) is 6.53. The predicted octanol–water partition coefficient (Wildman–Crippen LogP) is 1.78. The lowest BCUT2D eigenvalue weighted by atomic mass is 10.0. The smallest absolute Gasteiger partial charge is 0.200 e. The van der Waals surface area contributed by atoms with Crippen molar-refractivity contribution in [3.63, 3.8) is 0 Å². The molecule has 0 aromatic heterocycles. The third kappa shape index (κ3) is 2.90. The molecule has 0 saturated heterocycles. The highest BCUT2D eigenvalue weighted by molar-refractivity contribution is 9.10. The standard InChI is InChI=1S/C12H16BrN3O2/c1-7(11(16-14)12(17)18-3)10-8(13)5-4-6-9(10)15-2/h4-6,12,15,17H,1,14H2,2-3H3/b16-11-.